The summed E-state index contributed by atoms with van der Waals surface area (Å²) in [5.74, 6) is -0.321. The number of amides is 1. The number of nitrogens with one attached hydrogen (secondary N) is 2. The van der Waals surface area contributed by atoms with Crippen molar-refractivity contribution in [2.24, 2.45) is 0 Å². The molecule has 0 bridgehead atoms. The molecule has 0 radical (unpaired) electrons. The van der Waals surface area contributed by atoms with Gasteiger partial charge in [0.05, 0.1) is 18.7 Å². The van der Waals surface area contributed by atoms with Gasteiger partial charge < -0.3 is 10.2 Å². The van der Waals surface area contributed by atoms with Crippen molar-refractivity contribution < 1.29 is 14.1 Å². The zero-order valence-corrected chi connectivity index (χ0v) is 18.3. The van der Waals surface area contributed by atoms with Crippen LogP contribution in [-0.2, 0) is 0 Å². The first-order valence-electron chi connectivity index (χ1n) is 10.6. The summed E-state index contributed by atoms with van der Waals surface area (Å²) in [5.41, 5.74) is 3.93. The first-order valence-corrected chi connectivity index (χ1v) is 11.4. The highest BCUT2D eigenvalue weighted by molar-refractivity contribution is 7.16. The average Bonchev–Trinajstić information content (AvgIpc) is 3.03. The van der Waals surface area contributed by atoms with Gasteiger partial charge in [0.15, 0.2) is 0 Å². The van der Waals surface area contributed by atoms with E-state index in [0.717, 1.165) is 29.2 Å². The van der Waals surface area contributed by atoms with Gasteiger partial charge in [-0.2, -0.15) is 0 Å². The summed E-state index contributed by atoms with van der Waals surface area (Å²) in [6.45, 7) is 6.33. The molecule has 3 nitrogen and oxygen atoms in total. The Labute approximate surface area is 181 Å². The maximum Gasteiger partial charge on any atom is 0.256 e. The fourth-order valence-corrected chi connectivity index (χ4v) is 5.53. The van der Waals surface area contributed by atoms with E-state index in [0.29, 0.717) is 5.56 Å². The number of likely N-dealkylation sites (tertiary alicyclic amines) is 1. The Balaban J connectivity index is 1.77. The van der Waals surface area contributed by atoms with Gasteiger partial charge in [0, 0.05) is 16.0 Å². The molecule has 1 aliphatic rings. The smallest absolute Gasteiger partial charge is 0.256 e. The molecule has 0 aliphatic carbocycles. The van der Waals surface area contributed by atoms with Crippen LogP contribution < -0.4 is 10.2 Å². The Hall–Kier alpha value is -2.50. The summed E-state index contributed by atoms with van der Waals surface area (Å²) in [6.07, 6.45) is 3.60. The number of aryl methyl sites for hydroxylation is 1. The molecule has 30 heavy (non-hydrogen) atoms. The van der Waals surface area contributed by atoms with Crippen molar-refractivity contribution in [3.05, 3.63) is 87.5 Å². The molecular formula is C25H28FN2OS+. The van der Waals surface area contributed by atoms with E-state index in [-0.39, 0.29) is 17.8 Å². The van der Waals surface area contributed by atoms with E-state index < -0.39 is 0 Å². The second kappa shape index (κ2) is 9.11. The lowest BCUT2D eigenvalue weighted by molar-refractivity contribution is -0.930. The molecule has 156 valence electrons. The monoisotopic (exact) mass is 423 g/mol. The van der Waals surface area contributed by atoms with E-state index in [1.807, 2.05) is 36.4 Å². The van der Waals surface area contributed by atoms with Crippen molar-refractivity contribution in [1.29, 1.82) is 0 Å². The van der Waals surface area contributed by atoms with Gasteiger partial charge in [-0.25, -0.2) is 4.39 Å². The van der Waals surface area contributed by atoms with Gasteiger partial charge >= 0.3 is 0 Å². The molecule has 1 aliphatic heterocycles. The second-order valence-electron chi connectivity index (χ2n) is 8.05. The molecule has 0 spiro atoms. The number of carbonyl (C=O) groups is 1. The minimum atomic E-state index is -0.214. The summed E-state index contributed by atoms with van der Waals surface area (Å²) in [6, 6.07) is 16.3. The lowest BCUT2D eigenvalue weighted by Gasteiger charge is -2.33. The largest absolute Gasteiger partial charge is 0.325 e. The summed E-state index contributed by atoms with van der Waals surface area (Å²) in [7, 11) is 0. The van der Waals surface area contributed by atoms with Crippen LogP contribution in [0.5, 0.6) is 0 Å². The third-order valence-corrected chi connectivity index (χ3v) is 7.21. The van der Waals surface area contributed by atoms with E-state index in [1.54, 1.807) is 23.5 Å². The normalized spacial score (nSPS) is 15.7. The first-order chi connectivity index (χ1) is 14.5. The standard InChI is InChI=1S/C25H27FN2OS/c1-17-18(2)30-25(27-24(29)19-10-5-3-6-11-19)22(17)23(28-14-7-4-8-15-28)20-12-9-13-21(26)16-20/h3,5-6,9-13,16,23H,4,7-8,14-15H2,1-2H3,(H,27,29)/p+1/t23-/m0/s1. The van der Waals surface area contributed by atoms with Gasteiger partial charge in [-0.05, 0) is 62.9 Å². The van der Waals surface area contributed by atoms with Crippen molar-refractivity contribution in [1.82, 2.24) is 0 Å². The minimum absolute atomic E-state index is 0.0111. The van der Waals surface area contributed by atoms with Crippen LogP contribution in [0.2, 0.25) is 0 Å². The third kappa shape index (κ3) is 4.32. The van der Waals surface area contributed by atoms with Crippen LogP contribution in [0.1, 0.15) is 57.2 Å². The summed E-state index contributed by atoms with van der Waals surface area (Å²) in [5, 5.41) is 4.05. The molecule has 0 saturated carbocycles. The van der Waals surface area contributed by atoms with Gasteiger partial charge in [-0.1, -0.05) is 30.3 Å². The Morgan fingerprint density at radius 1 is 1.03 bits per heavy atom. The molecule has 2 aromatic carbocycles. The molecule has 2 heterocycles. The Bertz CT molecular complexity index is 1020. The molecule has 0 unspecified atom stereocenters. The van der Waals surface area contributed by atoms with Crippen molar-refractivity contribution in [2.75, 3.05) is 18.4 Å². The average molecular weight is 424 g/mol. The summed E-state index contributed by atoms with van der Waals surface area (Å²) < 4.78 is 14.2. The zero-order chi connectivity index (χ0) is 21.1. The highest BCUT2D eigenvalue weighted by Crippen LogP contribution is 2.38. The molecule has 1 amide bonds. The van der Waals surface area contributed by atoms with Crippen molar-refractivity contribution in [3.8, 4) is 0 Å². The van der Waals surface area contributed by atoms with E-state index in [1.165, 1.54) is 40.7 Å². The van der Waals surface area contributed by atoms with Gasteiger partial charge in [0.2, 0.25) is 0 Å². The quantitative estimate of drug-likeness (QED) is 0.600. The topological polar surface area (TPSA) is 33.5 Å². The minimum Gasteiger partial charge on any atom is -0.325 e. The van der Waals surface area contributed by atoms with Crippen LogP contribution in [0.25, 0.3) is 0 Å². The van der Waals surface area contributed by atoms with E-state index in [9.17, 15) is 9.18 Å². The molecule has 3 aromatic rings. The Morgan fingerprint density at radius 3 is 2.47 bits per heavy atom. The van der Waals surface area contributed by atoms with Crippen LogP contribution >= 0.6 is 11.3 Å². The van der Waals surface area contributed by atoms with Gasteiger partial charge in [0.25, 0.3) is 5.91 Å². The number of halogens is 1. The maximum atomic E-state index is 14.2. The molecule has 4 rings (SSSR count). The third-order valence-electron chi connectivity index (χ3n) is 6.07. The zero-order valence-electron chi connectivity index (χ0n) is 17.5. The second-order valence-corrected chi connectivity index (χ2v) is 9.28. The number of anilines is 1. The summed E-state index contributed by atoms with van der Waals surface area (Å²) in [4.78, 5) is 15.5. The number of benzene rings is 2. The SMILES string of the molecule is Cc1sc(NC(=O)c2ccccc2)c([C@H](c2cccc(F)c2)[NH+]2CCCCC2)c1C. The van der Waals surface area contributed by atoms with E-state index in [2.05, 4.69) is 19.2 Å². The van der Waals surface area contributed by atoms with Crippen LogP contribution in [0.15, 0.2) is 54.6 Å². The maximum absolute atomic E-state index is 14.2. The molecule has 1 aromatic heterocycles. The number of carbonyl (C=O) groups excluding carboxylic acids is 1. The van der Waals surface area contributed by atoms with Crippen LogP contribution in [0, 0.1) is 19.7 Å². The summed E-state index contributed by atoms with van der Waals surface area (Å²) >= 11 is 1.62. The van der Waals surface area contributed by atoms with Crippen molar-refractivity contribution >= 4 is 22.2 Å². The van der Waals surface area contributed by atoms with E-state index >= 15 is 0 Å². The van der Waals surface area contributed by atoms with E-state index in [4.69, 9.17) is 0 Å². The number of rotatable bonds is 5. The van der Waals surface area contributed by atoms with Crippen LogP contribution in [-0.4, -0.2) is 19.0 Å². The predicted octanol–water partition coefficient (Wildman–Crippen LogP) is 4.91. The van der Waals surface area contributed by atoms with Gasteiger partial charge in [-0.15, -0.1) is 11.3 Å². The number of quaternary nitrogens is 1. The first kappa shape index (κ1) is 20.8. The fourth-order valence-electron chi connectivity index (χ4n) is 4.44. The highest BCUT2D eigenvalue weighted by Gasteiger charge is 2.33. The fraction of sp³-hybridized carbons (Fsp3) is 0.320. The number of thiophene rings is 1. The Morgan fingerprint density at radius 2 is 1.77 bits per heavy atom. The molecule has 2 N–H and O–H groups in total. The molecule has 1 fully saturated rings. The number of piperidine rings is 1. The lowest BCUT2D eigenvalue weighted by Crippen LogP contribution is -3.13. The van der Waals surface area contributed by atoms with Crippen LogP contribution in [0.3, 0.4) is 0 Å². The number of hydrogen-bond acceptors (Lipinski definition) is 2. The molecule has 1 atom stereocenters. The van der Waals surface area contributed by atoms with Crippen molar-refractivity contribution in [3.63, 3.8) is 0 Å². The Kier molecular flexibility index (Phi) is 6.30. The molecule has 1 saturated heterocycles. The lowest BCUT2D eigenvalue weighted by atomic mass is 9.93. The predicted molar refractivity (Wildman–Crippen MR) is 121 cm³/mol. The number of hydrogen-bond donors (Lipinski definition) is 2. The van der Waals surface area contributed by atoms with Gasteiger partial charge in [0.1, 0.15) is 16.9 Å². The highest BCUT2D eigenvalue weighted by atomic mass is 32.1. The molecular weight excluding hydrogens is 395 g/mol. The molecule has 5 heteroatoms. The van der Waals surface area contributed by atoms with Crippen molar-refractivity contribution in [2.45, 2.75) is 39.2 Å². The van der Waals surface area contributed by atoms with Crippen LogP contribution in [0.4, 0.5) is 9.39 Å². The van der Waals surface area contributed by atoms with Gasteiger partial charge in [-0.3, -0.25) is 4.79 Å².